The van der Waals surface area contributed by atoms with Crippen LogP contribution in [0.4, 0.5) is 0 Å². The number of ether oxygens (including phenoxy) is 2. The zero-order chi connectivity index (χ0) is 24.8. The lowest BCUT2D eigenvalue weighted by Gasteiger charge is -2.15. The molecule has 0 spiro atoms. The molecule has 0 bridgehead atoms. The molecule has 2 saturated carbocycles. The Bertz CT molecular complexity index is 1410. The van der Waals surface area contributed by atoms with Crippen molar-refractivity contribution in [3.63, 3.8) is 0 Å². The molecule has 8 heteroatoms. The molecule has 2 aromatic carbocycles. The van der Waals surface area contributed by atoms with E-state index in [9.17, 15) is 13.2 Å². The van der Waals surface area contributed by atoms with Crippen molar-refractivity contribution in [1.82, 2.24) is 9.71 Å². The van der Waals surface area contributed by atoms with E-state index < -0.39 is 15.4 Å². The third kappa shape index (κ3) is 4.40. The molecular weight excluding hydrogens is 476 g/mol. The quantitative estimate of drug-likeness (QED) is 0.484. The van der Waals surface area contributed by atoms with Gasteiger partial charge in [-0.2, -0.15) is 0 Å². The van der Waals surface area contributed by atoms with Crippen LogP contribution in [0.2, 0.25) is 0 Å². The van der Waals surface area contributed by atoms with Crippen molar-refractivity contribution >= 4 is 15.8 Å². The number of carbonyl (C=O) groups is 1. The van der Waals surface area contributed by atoms with Gasteiger partial charge in [0.15, 0.2) is 11.5 Å². The van der Waals surface area contributed by atoms with Gasteiger partial charge in [0.25, 0.3) is 0 Å². The summed E-state index contributed by atoms with van der Waals surface area (Å²) in [5, 5.41) is 0. The van der Waals surface area contributed by atoms with Crippen LogP contribution < -0.4 is 14.2 Å². The molecule has 2 fully saturated rings. The van der Waals surface area contributed by atoms with E-state index in [1.807, 2.05) is 36.4 Å². The molecule has 1 aromatic heterocycles. The highest BCUT2D eigenvalue weighted by molar-refractivity contribution is 7.89. The normalized spacial score (nSPS) is 18.3. The molecule has 0 atom stereocenters. The molecule has 2 heterocycles. The minimum Gasteiger partial charge on any atom is -0.454 e. The van der Waals surface area contributed by atoms with E-state index in [0.717, 1.165) is 49.7 Å². The molecule has 0 amide bonds. The first kappa shape index (κ1) is 23.2. The second-order valence-electron chi connectivity index (χ2n) is 9.89. The molecule has 2 aliphatic carbocycles. The summed E-state index contributed by atoms with van der Waals surface area (Å²) in [6.07, 6.45) is 5.78. The summed E-state index contributed by atoms with van der Waals surface area (Å²) < 4.78 is 39.1. The number of nitrogens with zero attached hydrogens (tertiary/aromatic N) is 1. The summed E-state index contributed by atoms with van der Waals surface area (Å²) in [5.74, 6) is 1.55. The van der Waals surface area contributed by atoms with Gasteiger partial charge in [0, 0.05) is 23.7 Å². The molecule has 6 rings (SSSR count). The number of sulfonamides is 1. The lowest BCUT2D eigenvalue weighted by Crippen LogP contribution is -2.32. The number of pyridine rings is 1. The molecule has 3 aromatic rings. The topological polar surface area (TPSA) is 94.6 Å². The highest BCUT2D eigenvalue weighted by atomic mass is 32.2. The van der Waals surface area contributed by atoms with Crippen molar-refractivity contribution in [3.05, 3.63) is 71.9 Å². The molecule has 1 N–H and O–H groups in total. The average Bonchev–Trinajstić information content (AvgIpc) is 3.29. The van der Waals surface area contributed by atoms with Gasteiger partial charge < -0.3 is 9.47 Å². The van der Waals surface area contributed by atoms with E-state index in [-0.39, 0.29) is 29.9 Å². The smallest absolute Gasteiger partial charge is 0.240 e. The number of carbonyl (C=O) groups excluding carboxylic acids is 1. The Balaban J connectivity index is 1.17. The number of nitrogens with one attached hydrogen (secondary N) is 1. The largest absolute Gasteiger partial charge is 0.454 e. The minimum atomic E-state index is -3.54. The van der Waals surface area contributed by atoms with Crippen molar-refractivity contribution in [2.45, 2.75) is 61.3 Å². The van der Waals surface area contributed by atoms with Gasteiger partial charge in [0.05, 0.1) is 16.0 Å². The number of fused-ring (bicyclic) bond motifs is 1. The summed E-state index contributed by atoms with van der Waals surface area (Å²) in [5.41, 5.74) is 2.70. The molecule has 186 valence electrons. The number of benzene rings is 2. The first-order valence-electron chi connectivity index (χ1n) is 12.5. The predicted molar refractivity (Wildman–Crippen MR) is 134 cm³/mol. The fourth-order valence-electron chi connectivity index (χ4n) is 5.26. The standard InChI is InChI=1S/C28H28N2O5S/c31-27(28(14-15-28)20-10-13-25-26(16-20)35-18-34-25)17-22-6-3-7-24(29-22)19-8-11-23(12-9-19)36(32,33)30-21-4-1-2-5-21/h3,6-13,16,21,30H,1-2,4-5,14-15,17-18H2. The lowest BCUT2D eigenvalue weighted by molar-refractivity contribution is -0.120. The van der Waals surface area contributed by atoms with Crippen molar-refractivity contribution in [2.24, 2.45) is 0 Å². The molecule has 0 saturated heterocycles. The monoisotopic (exact) mass is 504 g/mol. The average molecular weight is 505 g/mol. The summed E-state index contributed by atoms with van der Waals surface area (Å²) in [7, 11) is -3.54. The van der Waals surface area contributed by atoms with E-state index in [4.69, 9.17) is 14.5 Å². The van der Waals surface area contributed by atoms with E-state index in [2.05, 4.69) is 4.72 Å². The van der Waals surface area contributed by atoms with Crippen LogP contribution in [0.3, 0.4) is 0 Å². The van der Waals surface area contributed by atoms with E-state index >= 15 is 0 Å². The zero-order valence-corrected chi connectivity index (χ0v) is 20.7. The summed E-state index contributed by atoms with van der Waals surface area (Å²) in [4.78, 5) is 18.3. The molecular formula is C28H28N2O5S. The second kappa shape index (κ2) is 9.01. The van der Waals surface area contributed by atoms with Crippen LogP contribution in [0, 0.1) is 0 Å². The third-order valence-electron chi connectivity index (χ3n) is 7.49. The van der Waals surface area contributed by atoms with Crippen molar-refractivity contribution in [1.29, 1.82) is 0 Å². The number of Topliss-reactive ketones (excluding diaryl/α,β-unsaturated/α-hetero) is 1. The maximum atomic E-state index is 13.4. The summed E-state index contributed by atoms with van der Waals surface area (Å²) in [6, 6.07) is 18.2. The Morgan fingerprint density at radius 2 is 1.72 bits per heavy atom. The Kier molecular flexibility index (Phi) is 5.80. The van der Waals surface area contributed by atoms with E-state index in [1.54, 1.807) is 24.3 Å². The SMILES string of the molecule is O=C(Cc1cccc(-c2ccc(S(=O)(=O)NC3CCCC3)cc2)n1)C1(c2ccc3c(c2)OCO3)CC1. The van der Waals surface area contributed by atoms with Crippen LogP contribution in [0.1, 0.15) is 49.8 Å². The molecule has 36 heavy (non-hydrogen) atoms. The van der Waals surface area contributed by atoms with Gasteiger partial charge in [-0.15, -0.1) is 0 Å². The van der Waals surface area contributed by atoms with Gasteiger partial charge in [-0.05, 0) is 67.6 Å². The molecule has 0 radical (unpaired) electrons. The molecule has 7 nitrogen and oxygen atoms in total. The van der Waals surface area contributed by atoms with Crippen LogP contribution in [0.15, 0.2) is 65.6 Å². The van der Waals surface area contributed by atoms with Gasteiger partial charge in [-0.1, -0.05) is 37.1 Å². The number of hydrogen-bond donors (Lipinski definition) is 1. The molecule has 0 unspecified atom stereocenters. The van der Waals surface area contributed by atoms with Crippen LogP contribution >= 0.6 is 0 Å². The number of ketones is 1. The second-order valence-corrected chi connectivity index (χ2v) is 11.6. The maximum Gasteiger partial charge on any atom is 0.240 e. The maximum absolute atomic E-state index is 13.4. The molecule has 1 aliphatic heterocycles. The lowest BCUT2D eigenvalue weighted by atomic mass is 9.88. The Morgan fingerprint density at radius 1 is 0.972 bits per heavy atom. The Labute approximate surface area is 210 Å². The van der Waals surface area contributed by atoms with E-state index in [1.165, 1.54) is 0 Å². The highest BCUT2D eigenvalue weighted by Gasteiger charge is 2.51. The van der Waals surface area contributed by atoms with Crippen LogP contribution in [-0.2, 0) is 26.7 Å². The van der Waals surface area contributed by atoms with Gasteiger partial charge in [0.1, 0.15) is 5.78 Å². The number of hydrogen-bond acceptors (Lipinski definition) is 6. The van der Waals surface area contributed by atoms with Crippen molar-refractivity contribution in [2.75, 3.05) is 6.79 Å². The van der Waals surface area contributed by atoms with Crippen LogP contribution in [0.25, 0.3) is 11.3 Å². The van der Waals surface area contributed by atoms with Crippen molar-refractivity contribution < 1.29 is 22.7 Å². The number of aromatic nitrogens is 1. The van der Waals surface area contributed by atoms with Gasteiger partial charge >= 0.3 is 0 Å². The highest BCUT2D eigenvalue weighted by Crippen LogP contribution is 2.51. The fourth-order valence-corrected chi connectivity index (χ4v) is 6.56. The van der Waals surface area contributed by atoms with Crippen molar-refractivity contribution in [3.8, 4) is 22.8 Å². The van der Waals surface area contributed by atoms with E-state index in [0.29, 0.717) is 22.9 Å². The third-order valence-corrected chi connectivity index (χ3v) is 9.03. The van der Waals surface area contributed by atoms with Crippen LogP contribution in [-0.4, -0.2) is 32.0 Å². The van der Waals surface area contributed by atoms with Crippen LogP contribution in [0.5, 0.6) is 11.5 Å². The molecule has 3 aliphatic rings. The first-order chi connectivity index (χ1) is 17.4. The minimum absolute atomic E-state index is 0.0259. The first-order valence-corrected chi connectivity index (χ1v) is 13.9. The van der Waals surface area contributed by atoms with Gasteiger partial charge in [-0.25, -0.2) is 13.1 Å². The summed E-state index contributed by atoms with van der Waals surface area (Å²) >= 11 is 0. The Hall–Kier alpha value is -3.23. The number of rotatable bonds is 8. The predicted octanol–water partition coefficient (Wildman–Crippen LogP) is 4.54. The van der Waals surface area contributed by atoms with Gasteiger partial charge in [0.2, 0.25) is 16.8 Å². The fraction of sp³-hybridized carbons (Fsp3) is 0.357. The van der Waals surface area contributed by atoms with Gasteiger partial charge in [-0.3, -0.25) is 9.78 Å². The zero-order valence-electron chi connectivity index (χ0n) is 19.9. The summed E-state index contributed by atoms with van der Waals surface area (Å²) in [6.45, 7) is 0.209. The Morgan fingerprint density at radius 3 is 2.47 bits per heavy atom.